The fourth-order valence-electron chi connectivity index (χ4n) is 1.79. The van der Waals surface area contributed by atoms with Crippen LogP contribution in [-0.4, -0.2) is 5.78 Å². The van der Waals surface area contributed by atoms with Crippen LogP contribution in [0.25, 0.3) is 0 Å². The van der Waals surface area contributed by atoms with Crippen molar-refractivity contribution in [2.45, 2.75) is 46.5 Å². The highest BCUT2D eigenvalue weighted by atomic mass is 79.9. The van der Waals surface area contributed by atoms with Crippen molar-refractivity contribution in [2.24, 2.45) is 5.92 Å². The number of halogens is 1. The van der Waals surface area contributed by atoms with Crippen molar-refractivity contribution < 1.29 is 4.79 Å². The van der Waals surface area contributed by atoms with Crippen molar-refractivity contribution in [3.05, 3.63) is 33.8 Å². The summed E-state index contributed by atoms with van der Waals surface area (Å²) in [4.78, 5) is 11.5. The number of ketones is 1. The lowest BCUT2D eigenvalue weighted by molar-refractivity contribution is -0.121. The molecular formula is C15H21BrO. The van der Waals surface area contributed by atoms with Gasteiger partial charge in [0.25, 0.3) is 0 Å². The third-order valence-corrected chi connectivity index (χ3v) is 3.77. The van der Waals surface area contributed by atoms with Crippen molar-refractivity contribution in [2.75, 3.05) is 0 Å². The summed E-state index contributed by atoms with van der Waals surface area (Å²) in [6.45, 7) is 6.09. The Bertz CT molecular complexity index is 383. The van der Waals surface area contributed by atoms with E-state index >= 15 is 0 Å². The minimum atomic E-state index is 0.171. The van der Waals surface area contributed by atoms with Crippen LogP contribution < -0.4 is 0 Å². The third kappa shape index (κ3) is 4.63. The molecule has 0 spiro atoms. The molecule has 1 aromatic carbocycles. The van der Waals surface area contributed by atoms with E-state index in [1.54, 1.807) is 0 Å². The van der Waals surface area contributed by atoms with Crippen LogP contribution in [0.4, 0.5) is 0 Å². The van der Waals surface area contributed by atoms with E-state index in [4.69, 9.17) is 0 Å². The molecule has 0 fully saturated rings. The number of Topliss-reactive ketones (excluding diaryl/α,β-unsaturated/α-hetero) is 1. The number of hydrogen-bond donors (Lipinski definition) is 0. The molecule has 0 saturated heterocycles. The molecule has 0 bridgehead atoms. The average Bonchev–Trinajstić information content (AvgIpc) is 2.29. The molecule has 1 rings (SSSR count). The maximum Gasteiger partial charge on any atom is 0.135 e. The standard InChI is InChI=1S/C15H21BrO/c1-4-13-9-8-12(10-14(13)16)6-5-7-15(17)11(2)3/h8-11H,4-7H2,1-3H3. The van der Waals surface area contributed by atoms with E-state index in [-0.39, 0.29) is 5.92 Å². The molecule has 17 heavy (non-hydrogen) atoms. The Hall–Kier alpha value is -0.630. The highest BCUT2D eigenvalue weighted by molar-refractivity contribution is 9.10. The molecule has 0 aliphatic carbocycles. The zero-order valence-electron chi connectivity index (χ0n) is 10.9. The van der Waals surface area contributed by atoms with Crippen LogP contribution in [0.2, 0.25) is 0 Å². The number of aryl methyl sites for hydroxylation is 2. The summed E-state index contributed by atoms with van der Waals surface area (Å²) in [5.41, 5.74) is 2.65. The molecule has 0 aliphatic rings. The maximum absolute atomic E-state index is 11.5. The van der Waals surface area contributed by atoms with Crippen LogP contribution in [0.15, 0.2) is 22.7 Å². The van der Waals surface area contributed by atoms with Crippen LogP contribution >= 0.6 is 15.9 Å². The van der Waals surface area contributed by atoms with Crippen molar-refractivity contribution >= 4 is 21.7 Å². The smallest absolute Gasteiger partial charge is 0.135 e. The highest BCUT2D eigenvalue weighted by Crippen LogP contribution is 2.20. The summed E-state index contributed by atoms with van der Waals surface area (Å²) in [5, 5.41) is 0. The molecule has 0 aliphatic heterocycles. The Morgan fingerprint density at radius 1 is 1.35 bits per heavy atom. The third-order valence-electron chi connectivity index (χ3n) is 3.03. The fourth-order valence-corrected chi connectivity index (χ4v) is 2.50. The Labute approximate surface area is 113 Å². The second kappa shape index (κ2) is 6.95. The number of rotatable bonds is 6. The number of carbonyl (C=O) groups excluding carboxylic acids is 1. The predicted octanol–water partition coefficient (Wildman–Crippen LogP) is 4.56. The Balaban J connectivity index is 2.47. The Morgan fingerprint density at radius 2 is 2.06 bits per heavy atom. The molecule has 0 radical (unpaired) electrons. The van der Waals surface area contributed by atoms with Gasteiger partial charge in [0.05, 0.1) is 0 Å². The second-order valence-corrected chi connectivity index (χ2v) is 5.61. The number of benzene rings is 1. The molecule has 94 valence electrons. The normalized spacial score (nSPS) is 10.9. The van der Waals surface area contributed by atoms with Gasteiger partial charge in [-0.25, -0.2) is 0 Å². The molecule has 0 atom stereocenters. The van der Waals surface area contributed by atoms with E-state index in [0.717, 1.165) is 19.3 Å². The zero-order valence-corrected chi connectivity index (χ0v) is 12.5. The van der Waals surface area contributed by atoms with Gasteiger partial charge in [-0.2, -0.15) is 0 Å². The molecule has 0 heterocycles. The molecule has 2 heteroatoms. The monoisotopic (exact) mass is 296 g/mol. The first kappa shape index (κ1) is 14.4. The van der Waals surface area contributed by atoms with Gasteiger partial charge in [-0.1, -0.05) is 48.8 Å². The zero-order chi connectivity index (χ0) is 12.8. The van der Waals surface area contributed by atoms with Gasteiger partial charge in [0.1, 0.15) is 5.78 Å². The molecule has 0 amide bonds. The van der Waals surface area contributed by atoms with E-state index in [0.29, 0.717) is 12.2 Å². The van der Waals surface area contributed by atoms with Crippen molar-refractivity contribution in [3.63, 3.8) is 0 Å². The van der Waals surface area contributed by atoms with Gasteiger partial charge in [0.15, 0.2) is 0 Å². The Kier molecular flexibility index (Phi) is 5.90. The van der Waals surface area contributed by atoms with Crippen molar-refractivity contribution in [3.8, 4) is 0 Å². The predicted molar refractivity (Wildman–Crippen MR) is 76.3 cm³/mol. The van der Waals surface area contributed by atoms with Crippen LogP contribution in [0, 0.1) is 5.92 Å². The lowest BCUT2D eigenvalue weighted by Crippen LogP contribution is -2.06. The van der Waals surface area contributed by atoms with Crippen molar-refractivity contribution in [1.29, 1.82) is 0 Å². The topological polar surface area (TPSA) is 17.1 Å². The summed E-state index contributed by atoms with van der Waals surface area (Å²) in [7, 11) is 0. The molecule has 1 aromatic rings. The summed E-state index contributed by atoms with van der Waals surface area (Å²) in [5.74, 6) is 0.540. The average molecular weight is 297 g/mol. The Morgan fingerprint density at radius 3 is 2.59 bits per heavy atom. The summed E-state index contributed by atoms with van der Waals surface area (Å²) in [6.07, 6.45) is 3.69. The quantitative estimate of drug-likeness (QED) is 0.752. The van der Waals surface area contributed by atoms with E-state index in [1.165, 1.54) is 15.6 Å². The van der Waals surface area contributed by atoms with E-state index in [9.17, 15) is 4.79 Å². The maximum atomic E-state index is 11.5. The van der Waals surface area contributed by atoms with Gasteiger partial charge in [0.2, 0.25) is 0 Å². The van der Waals surface area contributed by atoms with Crippen LogP contribution in [-0.2, 0) is 17.6 Å². The number of hydrogen-bond acceptors (Lipinski definition) is 1. The lowest BCUT2D eigenvalue weighted by Gasteiger charge is -2.06. The van der Waals surface area contributed by atoms with Gasteiger partial charge < -0.3 is 0 Å². The van der Waals surface area contributed by atoms with Gasteiger partial charge in [-0.05, 0) is 36.5 Å². The molecule has 0 saturated carbocycles. The van der Waals surface area contributed by atoms with E-state index in [1.807, 2.05) is 13.8 Å². The minimum absolute atomic E-state index is 0.171. The molecular weight excluding hydrogens is 276 g/mol. The molecule has 0 N–H and O–H groups in total. The lowest BCUT2D eigenvalue weighted by atomic mass is 10.0. The molecule has 0 unspecified atom stereocenters. The van der Waals surface area contributed by atoms with Crippen molar-refractivity contribution in [1.82, 2.24) is 0 Å². The van der Waals surface area contributed by atoms with Crippen LogP contribution in [0.5, 0.6) is 0 Å². The van der Waals surface area contributed by atoms with E-state index in [2.05, 4.69) is 41.1 Å². The van der Waals surface area contributed by atoms with Gasteiger partial charge >= 0.3 is 0 Å². The van der Waals surface area contributed by atoms with E-state index < -0.39 is 0 Å². The first-order valence-electron chi connectivity index (χ1n) is 6.34. The molecule has 1 nitrogen and oxygen atoms in total. The van der Waals surface area contributed by atoms with Gasteiger partial charge in [-0.15, -0.1) is 0 Å². The molecule has 0 aromatic heterocycles. The minimum Gasteiger partial charge on any atom is -0.299 e. The van der Waals surface area contributed by atoms with Crippen LogP contribution in [0.1, 0.15) is 44.7 Å². The second-order valence-electron chi connectivity index (χ2n) is 4.75. The summed E-state index contributed by atoms with van der Waals surface area (Å²) < 4.78 is 1.19. The fraction of sp³-hybridized carbons (Fsp3) is 0.533. The summed E-state index contributed by atoms with van der Waals surface area (Å²) in [6, 6.07) is 6.52. The largest absolute Gasteiger partial charge is 0.299 e. The highest BCUT2D eigenvalue weighted by Gasteiger charge is 2.07. The summed E-state index contributed by atoms with van der Waals surface area (Å²) >= 11 is 3.58. The van der Waals surface area contributed by atoms with Crippen LogP contribution in [0.3, 0.4) is 0 Å². The van der Waals surface area contributed by atoms with Gasteiger partial charge in [0, 0.05) is 16.8 Å². The number of carbonyl (C=O) groups is 1. The van der Waals surface area contributed by atoms with Gasteiger partial charge in [-0.3, -0.25) is 4.79 Å². The first-order valence-corrected chi connectivity index (χ1v) is 7.14. The first-order chi connectivity index (χ1) is 8.04. The SMILES string of the molecule is CCc1ccc(CCCC(=O)C(C)C)cc1Br.